The molecule has 0 aliphatic rings. The molecule has 0 saturated heterocycles. The van der Waals surface area contributed by atoms with E-state index >= 15 is 0 Å². The summed E-state index contributed by atoms with van der Waals surface area (Å²) in [5.74, 6) is -5.48. The highest BCUT2D eigenvalue weighted by Gasteiger charge is 2.31. The Morgan fingerprint density at radius 3 is 1.75 bits per heavy atom. The molecule has 0 aromatic heterocycles. The Hall–Kier alpha value is -3.46. The highest BCUT2D eigenvalue weighted by Crippen LogP contribution is 2.07. The molecule has 15 heteroatoms. The Bertz CT molecular complexity index is 786. The minimum atomic E-state index is -1.71. The standard InChI is InChI=1S/C21H40N8O7/c1-11(2)16(23)19(34)28-12(6-3-4-8-22)17(32)27-13(7-5-9-26-21(24)25)18(33)29-14(20(35)36)10-15(30)31/h11-14,16H,3-10,22-23H2,1-2H3,(H,27,32)(H,28,34)(H,29,33)(H,30,31)(H,35,36)(H4,24,25,26). The van der Waals surface area contributed by atoms with Crippen LogP contribution in [-0.2, 0) is 24.0 Å². The third-order valence-corrected chi connectivity index (χ3v) is 5.17. The van der Waals surface area contributed by atoms with E-state index in [1.165, 1.54) is 0 Å². The number of carbonyl (C=O) groups is 5. The Balaban J connectivity index is 5.66. The number of nitrogens with zero attached hydrogens (tertiary/aromatic N) is 1. The number of amides is 3. The number of unbranched alkanes of at least 4 members (excludes halogenated alkanes) is 1. The van der Waals surface area contributed by atoms with Gasteiger partial charge in [0.05, 0.1) is 12.5 Å². The molecule has 0 spiro atoms. The smallest absolute Gasteiger partial charge is 0.326 e. The van der Waals surface area contributed by atoms with Crippen molar-refractivity contribution in [2.24, 2.45) is 33.8 Å². The van der Waals surface area contributed by atoms with Gasteiger partial charge in [-0.25, -0.2) is 4.79 Å². The molecule has 3 amide bonds. The lowest BCUT2D eigenvalue weighted by atomic mass is 10.0. The maximum atomic E-state index is 13.1. The fraction of sp³-hybridized carbons (Fsp3) is 0.714. The number of carbonyl (C=O) groups excluding carboxylic acids is 3. The number of aliphatic imine (C=N–C) groups is 1. The average molecular weight is 517 g/mol. The SMILES string of the molecule is CC(C)C(N)C(=O)NC(CCCCN)C(=O)NC(CCCN=C(N)N)C(=O)NC(CC(=O)O)C(=O)O. The quantitative estimate of drug-likeness (QED) is 0.0508. The predicted molar refractivity (Wildman–Crippen MR) is 131 cm³/mol. The summed E-state index contributed by atoms with van der Waals surface area (Å²) in [6.07, 6.45) is 0.692. The van der Waals surface area contributed by atoms with Gasteiger partial charge in [-0.2, -0.15) is 0 Å². The molecule has 0 rings (SSSR count). The van der Waals surface area contributed by atoms with Crippen LogP contribution in [0.15, 0.2) is 4.99 Å². The largest absolute Gasteiger partial charge is 0.481 e. The van der Waals surface area contributed by atoms with Crippen LogP contribution in [0.25, 0.3) is 0 Å². The number of hydrogen-bond donors (Lipinski definition) is 9. The number of nitrogens with one attached hydrogen (secondary N) is 3. The monoisotopic (exact) mass is 516 g/mol. The molecule has 13 N–H and O–H groups in total. The van der Waals surface area contributed by atoms with Gasteiger partial charge >= 0.3 is 11.9 Å². The minimum Gasteiger partial charge on any atom is -0.481 e. The van der Waals surface area contributed by atoms with E-state index in [1.807, 2.05) is 0 Å². The van der Waals surface area contributed by atoms with Gasteiger partial charge in [-0.15, -0.1) is 0 Å². The lowest BCUT2D eigenvalue weighted by Gasteiger charge is -2.25. The normalized spacial score (nSPS) is 14.1. The zero-order chi connectivity index (χ0) is 27.8. The summed E-state index contributed by atoms with van der Waals surface area (Å²) < 4.78 is 0. The molecular formula is C21H40N8O7. The summed E-state index contributed by atoms with van der Waals surface area (Å²) in [5, 5.41) is 25.4. The zero-order valence-corrected chi connectivity index (χ0v) is 20.7. The van der Waals surface area contributed by atoms with Crippen molar-refractivity contribution in [1.82, 2.24) is 16.0 Å². The van der Waals surface area contributed by atoms with Gasteiger partial charge in [0.1, 0.15) is 18.1 Å². The Labute approximate surface area is 209 Å². The first kappa shape index (κ1) is 32.5. The van der Waals surface area contributed by atoms with Crippen LogP contribution in [0.5, 0.6) is 0 Å². The highest BCUT2D eigenvalue weighted by atomic mass is 16.4. The molecule has 0 heterocycles. The van der Waals surface area contributed by atoms with Crippen LogP contribution in [-0.4, -0.2) is 83.1 Å². The van der Waals surface area contributed by atoms with Gasteiger partial charge in [0.25, 0.3) is 0 Å². The molecule has 0 aromatic rings. The topological polar surface area (TPSA) is 278 Å². The zero-order valence-electron chi connectivity index (χ0n) is 20.7. The van der Waals surface area contributed by atoms with Crippen molar-refractivity contribution in [1.29, 1.82) is 0 Å². The van der Waals surface area contributed by atoms with Crippen molar-refractivity contribution in [2.45, 2.75) is 76.5 Å². The second-order valence-electron chi connectivity index (χ2n) is 8.62. The summed E-state index contributed by atoms with van der Waals surface area (Å²) in [7, 11) is 0. The van der Waals surface area contributed by atoms with E-state index in [-0.39, 0.29) is 37.7 Å². The van der Waals surface area contributed by atoms with E-state index in [0.29, 0.717) is 19.4 Å². The van der Waals surface area contributed by atoms with E-state index in [2.05, 4.69) is 20.9 Å². The van der Waals surface area contributed by atoms with Crippen LogP contribution >= 0.6 is 0 Å². The molecule has 4 unspecified atom stereocenters. The first-order valence-electron chi connectivity index (χ1n) is 11.7. The van der Waals surface area contributed by atoms with Gasteiger partial charge in [0, 0.05) is 6.54 Å². The molecule has 0 saturated carbocycles. The lowest BCUT2D eigenvalue weighted by molar-refractivity contribution is -0.147. The average Bonchev–Trinajstić information content (AvgIpc) is 2.78. The second kappa shape index (κ2) is 17.0. The Morgan fingerprint density at radius 2 is 1.31 bits per heavy atom. The van der Waals surface area contributed by atoms with Crippen molar-refractivity contribution in [2.75, 3.05) is 13.1 Å². The summed E-state index contributed by atoms with van der Waals surface area (Å²) >= 11 is 0. The van der Waals surface area contributed by atoms with Gasteiger partial charge in [-0.05, 0) is 44.6 Å². The van der Waals surface area contributed by atoms with Crippen molar-refractivity contribution >= 4 is 35.6 Å². The molecule has 0 radical (unpaired) electrons. The summed E-state index contributed by atoms with van der Waals surface area (Å²) in [5.41, 5.74) is 22.0. The first-order chi connectivity index (χ1) is 16.8. The van der Waals surface area contributed by atoms with E-state index in [4.69, 9.17) is 28.0 Å². The van der Waals surface area contributed by atoms with Gasteiger partial charge < -0.3 is 49.1 Å². The van der Waals surface area contributed by atoms with Gasteiger partial charge in [0.15, 0.2) is 5.96 Å². The second-order valence-corrected chi connectivity index (χ2v) is 8.62. The number of hydrogen-bond acceptors (Lipinski definition) is 8. The fourth-order valence-electron chi connectivity index (χ4n) is 3.02. The summed E-state index contributed by atoms with van der Waals surface area (Å²) in [6.45, 7) is 4.00. The van der Waals surface area contributed by atoms with Crippen LogP contribution in [0, 0.1) is 5.92 Å². The van der Waals surface area contributed by atoms with E-state index < -0.39 is 60.2 Å². The Morgan fingerprint density at radius 1 is 0.806 bits per heavy atom. The van der Waals surface area contributed by atoms with Crippen LogP contribution in [0.2, 0.25) is 0 Å². The first-order valence-corrected chi connectivity index (χ1v) is 11.7. The maximum absolute atomic E-state index is 13.1. The number of nitrogens with two attached hydrogens (primary N) is 4. The molecule has 0 aliphatic heterocycles. The molecule has 0 bridgehead atoms. The third kappa shape index (κ3) is 13.4. The van der Waals surface area contributed by atoms with Crippen molar-refractivity contribution in [3.63, 3.8) is 0 Å². The van der Waals surface area contributed by atoms with Gasteiger partial charge in [-0.1, -0.05) is 13.8 Å². The molecule has 0 fully saturated rings. The number of guanidine groups is 1. The third-order valence-electron chi connectivity index (χ3n) is 5.17. The molecule has 206 valence electrons. The van der Waals surface area contributed by atoms with E-state index in [9.17, 15) is 29.1 Å². The summed E-state index contributed by atoms with van der Waals surface area (Å²) in [6, 6.07) is -4.86. The number of rotatable bonds is 18. The number of carboxylic acid groups (broad SMARTS) is 2. The molecule has 36 heavy (non-hydrogen) atoms. The fourth-order valence-corrected chi connectivity index (χ4v) is 3.02. The number of carboxylic acids is 2. The highest BCUT2D eigenvalue weighted by molar-refractivity contribution is 5.94. The predicted octanol–water partition coefficient (Wildman–Crippen LogP) is -2.83. The van der Waals surface area contributed by atoms with Crippen molar-refractivity contribution in [3.05, 3.63) is 0 Å². The minimum absolute atomic E-state index is 0.00272. The van der Waals surface area contributed by atoms with Crippen molar-refractivity contribution < 1.29 is 34.2 Å². The molecule has 0 aliphatic carbocycles. The maximum Gasteiger partial charge on any atom is 0.326 e. The number of aliphatic carboxylic acids is 2. The van der Waals surface area contributed by atoms with Gasteiger partial charge in [-0.3, -0.25) is 24.2 Å². The Kier molecular flexibility index (Phi) is 15.4. The lowest BCUT2D eigenvalue weighted by Crippen LogP contribution is -2.57. The molecule has 0 aromatic carbocycles. The summed E-state index contributed by atoms with van der Waals surface area (Å²) in [4.78, 5) is 64.5. The van der Waals surface area contributed by atoms with Crippen LogP contribution < -0.4 is 38.9 Å². The molecule has 15 nitrogen and oxygen atoms in total. The van der Waals surface area contributed by atoms with E-state index in [1.54, 1.807) is 13.8 Å². The van der Waals surface area contributed by atoms with Crippen LogP contribution in [0.4, 0.5) is 0 Å². The van der Waals surface area contributed by atoms with E-state index in [0.717, 1.165) is 0 Å². The van der Waals surface area contributed by atoms with Crippen LogP contribution in [0.1, 0.15) is 52.4 Å². The van der Waals surface area contributed by atoms with Gasteiger partial charge in [0.2, 0.25) is 17.7 Å². The van der Waals surface area contributed by atoms with Crippen LogP contribution in [0.3, 0.4) is 0 Å². The molecule has 4 atom stereocenters. The molecular weight excluding hydrogens is 476 g/mol. The van der Waals surface area contributed by atoms with Crippen molar-refractivity contribution in [3.8, 4) is 0 Å².